The van der Waals surface area contributed by atoms with Crippen molar-refractivity contribution in [2.45, 2.75) is 26.2 Å². The summed E-state index contributed by atoms with van der Waals surface area (Å²) in [6.45, 7) is 6.70. The van der Waals surface area contributed by atoms with E-state index in [2.05, 4.69) is 13.8 Å². The maximum absolute atomic E-state index is 5.98. The predicted octanol–water partition coefficient (Wildman–Crippen LogP) is 4.09. The molecule has 1 rings (SSSR count). The van der Waals surface area contributed by atoms with E-state index in [1.165, 1.54) is 12.8 Å². The molecule has 0 amide bonds. The lowest BCUT2D eigenvalue weighted by atomic mass is 10.2. The number of halogens is 1. The molecule has 0 saturated heterocycles. The van der Waals surface area contributed by atoms with Gasteiger partial charge in [-0.05, 0) is 31.0 Å². The summed E-state index contributed by atoms with van der Waals surface area (Å²) in [6, 6.07) is 5.59. The summed E-state index contributed by atoms with van der Waals surface area (Å²) in [6.07, 6.45) is 3.49. The predicted molar refractivity (Wildman–Crippen MR) is 60.9 cm³/mol. The zero-order chi connectivity index (χ0) is 10.4. The molecule has 0 unspecified atom stereocenters. The Kier molecular flexibility index (Phi) is 4.81. The van der Waals surface area contributed by atoms with Gasteiger partial charge in [-0.15, -0.1) is 0 Å². The molecule has 0 heterocycles. The topological polar surface area (TPSA) is 9.23 Å². The van der Waals surface area contributed by atoms with Crippen LogP contribution in [-0.2, 0) is 0 Å². The summed E-state index contributed by atoms with van der Waals surface area (Å²) in [5.41, 5.74) is 0.913. The van der Waals surface area contributed by atoms with Crippen LogP contribution in [0.25, 0.3) is 0 Å². The van der Waals surface area contributed by atoms with Crippen molar-refractivity contribution in [3.63, 3.8) is 0 Å². The van der Waals surface area contributed by atoms with Gasteiger partial charge in [0.25, 0.3) is 0 Å². The summed E-state index contributed by atoms with van der Waals surface area (Å²) in [4.78, 5) is 0. The molecule has 0 aromatic heterocycles. The molecule has 0 aliphatic rings. The van der Waals surface area contributed by atoms with Crippen LogP contribution >= 0.6 is 11.6 Å². The van der Waals surface area contributed by atoms with Crippen LogP contribution in [0.15, 0.2) is 18.2 Å². The fourth-order valence-electron chi connectivity index (χ4n) is 1.20. The highest BCUT2D eigenvalue weighted by molar-refractivity contribution is 6.32. The number of rotatable bonds is 5. The zero-order valence-electron chi connectivity index (χ0n) is 8.55. The Morgan fingerprint density at radius 2 is 2.14 bits per heavy atom. The van der Waals surface area contributed by atoms with Crippen molar-refractivity contribution >= 4 is 11.6 Å². The molecule has 1 radical (unpaired) electrons. The van der Waals surface area contributed by atoms with Crippen molar-refractivity contribution in [2.75, 3.05) is 6.61 Å². The molecule has 77 valence electrons. The van der Waals surface area contributed by atoms with Gasteiger partial charge in [-0.2, -0.15) is 0 Å². The van der Waals surface area contributed by atoms with Gasteiger partial charge in [0.05, 0.1) is 11.6 Å². The van der Waals surface area contributed by atoms with Crippen LogP contribution in [-0.4, -0.2) is 6.61 Å². The molecule has 0 atom stereocenters. The standard InChI is InChI=1S/C12H16ClO/c1-3-4-5-8-14-12-7-6-10(2)9-11(12)13/h6-7,9H,2-5,8H2,1H3. The molecule has 0 N–H and O–H groups in total. The first-order valence-corrected chi connectivity index (χ1v) is 5.36. The smallest absolute Gasteiger partial charge is 0.137 e. The van der Waals surface area contributed by atoms with E-state index in [1.54, 1.807) is 0 Å². The summed E-state index contributed by atoms with van der Waals surface area (Å²) in [5.74, 6) is 0.759. The fraction of sp³-hybridized carbons (Fsp3) is 0.417. The monoisotopic (exact) mass is 211 g/mol. The highest BCUT2D eigenvalue weighted by Crippen LogP contribution is 2.25. The molecule has 14 heavy (non-hydrogen) atoms. The van der Waals surface area contributed by atoms with Crippen molar-refractivity contribution in [1.29, 1.82) is 0 Å². The number of benzene rings is 1. The Labute approximate surface area is 91.0 Å². The maximum Gasteiger partial charge on any atom is 0.137 e. The van der Waals surface area contributed by atoms with Crippen LogP contribution in [0.1, 0.15) is 31.7 Å². The van der Waals surface area contributed by atoms with E-state index in [1.807, 2.05) is 18.2 Å². The molecular formula is C12H16ClO. The van der Waals surface area contributed by atoms with Crippen molar-refractivity contribution in [3.05, 3.63) is 35.7 Å². The van der Waals surface area contributed by atoms with Crippen molar-refractivity contribution in [1.82, 2.24) is 0 Å². The van der Waals surface area contributed by atoms with Gasteiger partial charge in [0.1, 0.15) is 5.75 Å². The third kappa shape index (κ3) is 3.59. The summed E-state index contributed by atoms with van der Waals surface area (Å²) in [7, 11) is 0. The quantitative estimate of drug-likeness (QED) is 0.667. The molecular weight excluding hydrogens is 196 g/mol. The Bertz CT molecular complexity index is 284. The van der Waals surface area contributed by atoms with Gasteiger partial charge in [0.2, 0.25) is 0 Å². The molecule has 0 aliphatic heterocycles. The van der Waals surface area contributed by atoms with Crippen LogP contribution in [0.3, 0.4) is 0 Å². The van der Waals surface area contributed by atoms with E-state index >= 15 is 0 Å². The summed E-state index contributed by atoms with van der Waals surface area (Å²) < 4.78 is 5.53. The second-order valence-electron chi connectivity index (χ2n) is 3.32. The number of hydrogen-bond donors (Lipinski definition) is 0. The molecule has 0 bridgehead atoms. The van der Waals surface area contributed by atoms with Gasteiger partial charge >= 0.3 is 0 Å². The van der Waals surface area contributed by atoms with E-state index in [4.69, 9.17) is 16.3 Å². The molecule has 0 fully saturated rings. The Morgan fingerprint density at radius 3 is 2.79 bits per heavy atom. The van der Waals surface area contributed by atoms with Crippen LogP contribution in [0, 0.1) is 6.92 Å². The van der Waals surface area contributed by atoms with Crippen molar-refractivity contribution < 1.29 is 4.74 Å². The van der Waals surface area contributed by atoms with Crippen LogP contribution in [0.5, 0.6) is 5.75 Å². The highest BCUT2D eigenvalue weighted by atomic mass is 35.5. The van der Waals surface area contributed by atoms with Gasteiger partial charge in [-0.25, -0.2) is 0 Å². The van der Waals surface area contributed by atoms with E-state index < -0.39 is 0 Å². The van der Waals surface area contributed by atoms with Gasteiger partial charge in [0.15, 0.2) is 0 Å². The van der Waals surface area contributed by atoms with Crippen LogP contribution in [0.4, 0.5) is 0 Å². The molecule has 0 saturated carbocycles. The van der Waals surface area contributed by atoms with E-state index in [0.717, 1.165) is 24.3 Å². The molecule has 1 aromatic carbocycles. The van der Waals surface area contributed by atoms with Gasteiger partial charge < -0.3 is 4.74 Å². The minimum absolute atomic E-state index is 0.647. The van der Waals surface area contributed by atoms with E-state index in [0.29, 0.717) is 5.02 Å². The lowest BCUT2D eigenvalue weighted by molar-refractivity contribution is 0.306. The average molecular weight is 212 g/mol. The fourth-order valence-corrected chi connectivity index (χ4v) is 1.45. The lowest BCUT2D eigenvalue weighted by Gasteiger charge is -2.07. The Balaban J connectivity index is 2.42. The SMILES string of the molecule is [CH2]c1ccc(OCCCCC)c(Cl)c1. The van der Waals surface area contributed by atoms with Gasteiger partial charge in [0, 0.05) is 0 Å². The Hall–Kier alpha value is -0.690. The molecule has 1 aromatic rings. The molecule has 0 aliphatic carbocycles. The minimum Gasteiger partial charge on any atom is -0.492 e. The molecule has 0 spiro atoms. The molecule has 1 nitrogen and oxygen atoms in total. The zero-order valence-corrected chi connectivity index (χ0v) is 9.31. The normalized spacial score (nSPS) is 10.2. The number of ether oxygens (including phenoxy) is 1. The first kappa shape index (κ1) is 11.4. The summed E-state index contributed by atoms with van der Waals surface area (Å²) in [5, 5.41) is 0.647. The first-order valence-electron chi connectivity index (χ1n) is 4.98. The number of unbranched alkanes of at least 4 members (excludes halogenated alkanes) is 2. The third-order valence-electron chi connectivity index (χ3n) is 2.00. The average Bonchev–Trinajstić information content (AvgIpc) is 2.15. The Morgan fingerprint density at radius 1 is 1.36 bits per heavy atom. The number of hydrogen-bond acceptors (Lipinski definition) is 1. The minimum atomic E-state index is 0.647. The first-order chi connectivity index (χ1) is 6.74. The van der Waals surface area contributed by atoms with Gasteiger partial charge in [-0.3, -0.25) is 0 Å². The third-order valence-corrected chi connectivity index (χ3v) is 2.30. The van der Waals surface area contributed by atoms with Crippen molar-refractivity contribution in [2.24, 2.45) is 0 Å². The van der Waals surface area contributed by atoms with Gasteiger partial charge in [-0.1, -0.05) is 37.4 Å². The van der Waals surface area contributed by atoms with E-state index in [-0.39, 0.29) is 0 Å². The second kappa shape index (κ2) is 5.92. The van der Waals surface area contributed by atoms with E-state index in [9.17, 15) is 0 Å². The van der Waals surface area contributed by atoms with Crippen LogP contribution < -0.4 is 4.74 Å². The largest absolute Gasteiger partial charge is 0.492 e. The molecule has 2 heteroatoms. The van der Waals surface area contributed by atoms with Crippen LogP contribution in [0.2, 0.25) is 5.02 Å². The van der Waals surface area contributed by atoms with Crippen molar-refractivity contribution in [3.8, 4) is 5.75 Å². The maximum atomic E-state index is 5.98. The highest BCUT2D eigenvalue weighted by Gasteiger charge is 2.00. The lowest BCUT2D eigenvalue weighted by Crippen LogP contribution is -1.97. The second-order valence-corrected chi connectivity index (χ2v) is 3.73. The summed E-state index contributed by atoms with van der Waals surface area (Å²) >= 11 is 5.98.